The van der Waals surface area contributed by atoms with Gasteiger partial charge in [-0.15, -0.1) is 0 Å². The first-order chi connectivity index (χ1) is 12.0. The molecule has 2 amide bonds. The van der Waals surface area contributed by atoms with Crippen molar-refractivity contribution < 1.29 is 9.18 Å². The molecule has 0 radical (unpaired) electrons. The van der Waals surface area contributed by atoms with Crippen molar-refractivity contribution in [3.63, 3.8) is 0 Å². The van der Waals surface area contributed by atoms with Crippen LogP contribution in [-0.2, 0) is 0 Å². The van der Waals surface area contributed by atoms with E-state index in [2.05, 4.69) is 27.6 Å². The number of hydrogen-bond acceptors (Lipinski definition) is 3. The number of halogens is 1. The second-order valence-electron chi connectivity index (χ2n) is 6.61. The molecule has 134 valence electrons. The highest BCUT2D eigenvalue weighted by molar-refractivity contribution is 5.89. The lowest BCUT2D eigenvalue weighted by Gasteiger charge is -2.15. The topological polar surface area (TPSA) is 62.2 Å². The van der Waals surface area contributed by atoms with Gasteiger partial charge in [-0.25, -0.2) is 13.9 Å². The quantitative estimate of drug-likeness (QED) is 0.876. The number of nitrogens with zero attached hydrogens (tertiary/aromatic N) is 3. The predicted molar refractivity (Wildman–Crippen MR) is 95.5 cm³/mol. The van der Waals surface area contributed by atoms with E-state index in [1.807, 2.05) is 6.92 Å². The molecule has 1 fully saturated rings. The second-order valence-corrected chi connectivity index (χ2v) is 6.61. The van der Waals surface area contributed by atoms with Crippen LogP contribution in [0.1, 0.15) is 19.0 Å². The maximum atomic E-state index is 13.0. The van der Waals surface area contributed by atoms with Crippen molar-refractivity contribution in [3.05, 3.63) is 42.0 Å². The van der Waals surface area contributed by atoms with Crippen LogP contribution in [0.15, 0.2) is 30.5 Å². The van der Waals surface area contributed by atoms with Crippen LogP contribution in [0.3, 0.4) is 0 Å². The maximum Gasteiger partial charge on any atom is 0.319 e. The summed E-state index contributed by atoms with van der Waals surface area (Å²) in [5.41, 5.74) is 2.17. The van der Waals surface area contributed by atoms with E-state index in [1.54, 1.807) is 23.0 Å². The molecule has 1 aliphatic rings. The van der Waals surface area contributed by atoms with E-state index >= 15 is 0 Å². The number of likely N-dealkylation sites (tertiary alicyclic amines) is 1. The highest BCUT2D eigenvalue weighted by Crippen LogP contribution is 2.18. The fourth-order valence-electron chi connectivity index (χ4n) is 3.10. The lowest BCUT2D eigenvalue weighted by molar-refractivity contribution is 0.249. The zero-order chi connectivity index (χ0) is 17.8. The number of nitrogens with one attached hydrogen (secondary N) is 2. The van der Waals surface area contributed by atoms with Gasteiger partial charge in [0, 0.05) is 19.6 Å². The number of urea groups is 1. The largest absolute Gasteiger partial charge is 0.337 e. The predicted octanol–water partition coefficient (Wildman–Crippen LogP) is 2.78. The van der Waals surface area contributed by atoms with Crippen molar-refractivity contribution in [1.29, 1.82) is 0 Å². The van der Waals surface area contributed by atoms with Crippen molar-refractivity contribution in [2.45, 2.75) is 20.3 Å². The summed E-state index contributed by atoms with van der Waals surface area (Å²) < 4.78 is 14.7. The number of anilines is 1. The first-order valence-corrected chi connectivity index (χ1v) is 8.60. The van der Waals surface area contributed by atoms with Crippen LogP contribution >= 0.6 is 0 Å². The molecule has 1 saturated heterocycles. The van der Waals surface area contributed by atoms with Gasteiger partial charge in [0.05, 0.1) is 23.3 Å². The van der Waals surface area contributed by atoms with Crippen molar-refractivity contribution in [2.24, 2.45) is 5.92 Å². The molecule has 7 heteroatoms. The Bertz CT molecular complexity index is 728. The Kier molecular flexibility index (Phi) is 5.33. The normalized spacial score (nSPS) is 17.6. The highest BCUT2D eigenvalue weighted by atomic mass is 19.1. The minimum absolute atomic E-state index is 0.242. The molecule has 1 aliphatic heterocycles. The van der Waals surface area contributed by atoms with E-state index in [-0.39, 0.29) is 11.8 Å². The molecule has 0 spiro atoms. The summed E-state index contributed by atoms with van der Waals surface area (Å²) in [5.74, 6) is 0.451. The van der Waals surface area contributed by atoms with E-state index in [0.29, 0.717) is 12.2 Å². The maximum absolute atomic E-state index is 13.0. The van der Waals surface area contributed by atoms with Gasteiger partial charge in [0.15, 0.2) is 0 Å². The number of hydrogen-bond donors (Lipinski definition) is 2. The number of carbonyl (C=O) groups is 1. The molecular weight excluding hydrogens is 321 g/mol. The van der Waals surface area contributed by atoms with Crippen LogP contribution in [0.2, 0.25) is 0 Å². The van der Waals surface area contributed by atoms with Crippen molar-refractivity contribution >= 4 is 11.7 Å². The number of benzene rings is 1. The molecule has 1 unspecified atom stereocenters. The molecule has 1 atom stereocenters. The first kappa shape index (κ1) is 17.4. The molecule has 1 aromatic carbocycles. The SMILES string of the molecule is Cc1c(NC(=O)NCCN2CCC(C)C2)cnn1-c1ccc(F)cc1. The van der Waals surface area contributed by atoms with Crippen LogP contribution in [0.5, 0.6) is 0 Å². The number of aromatic nitrogens is 2. The third kappa shape index (κ3) is 4.36. The summed E-state index contributed by atoms with van der Waals surface area (Å²) in [6, 6.07) is 5.83. The minimum atomic E-state index is -0.293. The fourth-order valence-corrected chi connectivity index (χ4v) is 3.10. The Morgan fingerprint density at radius 1 is 1.36 bits per heavy atom. The monoisotopic (exact) mass is 345 g/mol. The molecule has 6 nitrogen and oxygen atoms in total. The summed E-state index contributed by atoms with van der Waals surface area (Å²) >= 11 is 0. The van der Waals surface area contributed by atoms with Gasteiger partial charge in [0.25, 0.3) is 0 Å². The van der Waals surface area contributed by atoms with Crippen molar-refractivity contribution in [3.8, 4) is 5.69 Å². The molecule has 0 aliphatic carbocycles. The van der Waals surface area contributed by atoms with Crippen molar-refractivity contribution in [1.82, 2.24) is 20.0 Å². The molecule has 0 bridgehead atoms. The van der Waals surface area contributed by atoms with Gasteiger partial charge in [-0.1, -0.05) is 6.92 Å². The van der Waals surface area contributed by atoms with E-state index in [1.165, 1.54) is 18.6 Å². The van der Waals surface area contributed by atoms with Gasteiger partial charge in [0.2, 0.25) is 0 Å². The van der Waals surface area contributed by atoms with E-state index in [4.69, 9.17) is 0 Å². The summed E-state index contributed by atoms with van der Waals surface area (Å²) in [6.45, 7) is 7.80. The Morgan fingerprint density at radius 2 is 2.12 bits per heavy atom. The lowest BCUT2D eigenvalue weighted by atomic mass is 10.2. The Labute approximate surface area is 147 Å². The molecule has 2 aromatic rings. The molecule has 2 heterocycles. The van der Waals surface area contributed by atoms with Crippen LogP contribution in [-0.4, -0.2) is 46.9 Å². The summed E-state index contributed by atoms with van der Waals surface area (Å²) in [6.07, 6.45) is 2.83. The van der Waals surface area contributed by atoms with E-state index in [0.717, 1.165) is 36.9 Å². The Morgan fingerprint density at radius 3 is 2.80 bits per heavy atom. The summed E-state index contributed by atoms with van der Waals surface area (Å²) in [5, 5.41) is 9.96. The molecule has 2 N–H and O–H groups in total. The average Bonchev–Trinajstić information content (AvgIpc) is 3.15. The second kappa shape index (κ2) is 7.65. The van der Waals surface area contributed by atoms with Gasteiger partial charge >= 0.3 is 6.03 Å². The third-order valence-electron chi connectivity index (χ3n) is 4.55. The van der Waals surface area contributed by atoms with Gasteiger partial charge in [-0.3, -0.25) is 0 Å². The van der Waals surface area contributed by atoms with Gasteiger partial charge < -0.3 is 15.5 Å². The molecule has 0 saturated carbocycles. The van der Waals surface area contributed by atoms with Crippen molar-refractivity contribution in [2.75, 3.05) is 31.5 Å². The zero-order valence-corrected chi connectivity index (χ0v) is 14.6. The summed E-state index contributed by atoms with van der Waals surface area (Å²) in [7, 11) is 0. The minimum Gasteiger partial charge on any atom is -0.337 e. The Hall–Kier alpha value is -2.41. The van der Waals surface area contributed by atoms with Crippen LogP contribution in [0.25, 0.3) is 5.69 Å². The van der Waals surface area contributed by atoms with Gasteiger partial charge in [-0.05, 0) is 50.1 Å². The number of carbonyl (C=O) groups excluding carboxylic acids is 1. The molecule has 3 rings (SSSR count). The standard InChI is InChI=1S/C18H24FN5O/c1-13-7-9-23(12-13)10-8-20-18(25)22-17-11-21-24(14(17)2)16-5-3-15(19)4-6-16/h3-6,11,13H,7-10,12H2,1-2H3,(H2,20,22,25). The third-order valence-corrected chi connectivity index (χ3v) is 4.55. The van der Waals surface area contributed by atoms with E-state index in [9.17, 15) is 9.18 Å². The summed E-state index contributed by atoms with van der Waals surface area (Å²) in [4.78, 5) is 14.4. The molecule has 25 heavy (non-hydrogen) atoms. The fraction of sp³-hybridized carbons (Fsp3) is 0.444. The smallest absolute Gasteiger partial charge is 0.319 e. The van der Waals surface area contributed by atoms with E-state index < -0.39 is 0 Å². The van der Waals surface area contributed by atoms with Gasteiger partial charge in [0.1, 0.15) is 5.82 Å². The molecular formula is C18H24FN5O. The number of rotatable bonds is 5. The van der Waals surface area contributed by atoms with Crippen LogP contribution in [0.4, 0.5) is 14.9 Å². The Balaban J connectivity index is 1.52. The molecule has 1 aromatic heterocycles. The lowest BCUT2D eigenvalue weighted by Crippen LogP contribution is -2.36. The van der Waals surface area contributed by atoms with Gasteiger partial charge in [-0.2, -0.15) is 5.10 Å². The first-order valence-electron chi connectivity index (χ1n) is 8.60. The van der Waals surface area contributed by atoms with Crippen LogP contribution in [0, 0.1) is 18.7 Å². The highest BCUT2D eigenvalue weighted by Gasteiger charge is 2.18. The zero-order valence-electron chi connectivity index (χ0n) is 14.6. The van der Waals surface area contributed by atoms with Crippen LogP contribution < -0.4 is 10.6 Å². The average molecular weight is 345 g/mol. The number of amides is 2.